The van der Waals surface area contributed by atoms with E-state index in [2.05, 4.69) is 25.7 Å². The normalized spacial score (nSPS) is 16.2. The van der Waals surface area contributed by atoms with E-state index in [1.807, 2.05) is 6.92 Å². The summed E-state index contributed by atoms with van der Waals surface area (Å²) in [6.07, 6.45) is 3.98. The van der Waals surface area contributed by atoms with Gasteiger partial charge in [0.1, 0.15) is 4.83 Å². The Balaban J connectivity index is 2.19. The molecule has 0 amide bonds. The molecule has 1 unspecified atom stereocenters. The molecule has 6 heteroatoms. The average molecular weight is 365 g/mol. The van der Waals surface area contributed by atoms with Gasteiger partial charge in [-0.05, 0) is 57.8 Å². The molecule has 2 heterocycles. The highest BCUT2D eigenvalue weighted by atomic mass is 35.5. The van der Waals surface area contributed by atoms with Crippen LogP contribution in [0.5, 0.6) is 0 Å². The first kappa shape index (κ1) is 16.9. The molecule has 1 atom stereocenters. The van der Waals surface area contributed by atoms with E-state index in [4.69, 9.17) is 21.0 Å². The number of thiophene rings is 1. The molecule has 0 radical (unpaired) electrons. The number of halogens is 1. The standard InChI is InChI=1S/C17H21ClN2OSSi/c1-10-14(12(9-19)21-23(2,3)4)16(18)15-11-7-5-6-8-13(11)22-17(15)20-10/h12H,5-8H2,1-4H3. The number of aryl methyl sites for hydroxylation is 3. The molecule has 0 saturated heterocycles. The summed E-state index contributed by atoms with van der Waals surface area (Å²) in [7, 11) is -1.86. The van der Waals surface area contributed by atoms with Crippen LogP contribution >= 0.6 is 22.9 Å². The van der Waals surface area contributed by atoms with Crippen LogP contribution < -0.4 is 0 Å². The second-order valence-electron chi connectivity index (χ2n) is 7.06. The maximum absolute atomic E-state index is 9.62. The van der Waals surface area contributed by atoms with Crippen LogP contribution in [-0.4, -0.2) is 13.3 Å². The van der Waals surface area contributed by atoms with Crippen LogP contribution in [0.1, 0.15) is 40.6 Å². The predicted molar refractivity (Wildman–Crippen MR) is 98.8 cm³/mol. The lowest BCUT2D eigenvalue weighted by Gasteiger charge is -2.23. The summed E-state index contributed by atoms with van der Waals surface area (Å²) in [6, 6.07) is 2.28. The number of hydrogen-bond donors (Lipinski definition) is 0. The fraction of sp³-hybridized carbons (Fsp3) is 0.529. The Kier molecular flexibility index (Phi) is 4.54. The number of hydrogen-bond acceptors (Lipinski definition) is 4. The highest BCUT2D eigenvalue weighted by Crippen LogP contribution is 2.43. The van der Waals surface area contributed by atoms with E-state index in [9.17, 15) is 5.26 Å². The van der Waals surface area contributed by atoms with Gasteiger partial charge < -0.3 is 4.43 Å². The lowest BCUT2D eigenvalue weighted by molar-refractivity contribution is 0.254. The maximum Gasteiger partial charge on any atom is 0.186 e. The van der Waals surface area contributed by atoms with Crippen LogP contribution in [0.25, 0.3) is 10.2 Å². The molecule has 0 bridgehead atoms. The summed E-state index contributed by atoms with van der Waals surface area (Å²) in [5.41, 5.74) is 2.92. The molecule has 0 aromatic carbocycles. The molecule has 0 saturated carbocycles. The number of aromatic nitrogens is 1. The lowest BCUT2D eigenvalue weighted by Crippen LogP contribution is -2.28. The van der Waals surface area contributed by atoms with Gasteiger partial charge in [-0.3, -0.25) is 0 Å². The summed E-state index contributed by atoms with van der Waals surface area (Å²) in [4.78, 5) is 7.18. The summed E-state index contributed by atoms with van der Waals surface area (Å²) < 4.78 is 6.06. The largest absolute Gasteiger partial charge is 0.399 e. The molecule has 2 aromatic heterocycles. The van der Waals surface area contributed by atoms with Crippen molar-refractivity contribution in [3.05, 3.63) is 26.7 Å². The second-order valence-corrected chi connectivity index (χ2v) is 13.0. The molecular weight excluding hydrogens is 344 g/mol. The fourth-order valence-electron chi connectivity index (χ4n) is 3.17. The van der Waals surface area contributed by atoms with Gasteiger partial charge in [-0.1, -0.05) is 11.6 Å². The zero-order chi connectivity index (χ0) is 16.8. The van der Waals surface area contributed by atoms with Crippen LogP contribution in [-0.2, 0) is 17.3 Å². The first-order chi connectivity index (χ1) is 10.8. The highest BCUT2D eigenvalue weighted by Gasteiger charge is 2.29. The van der Waals surface area contributed by atoms with Gasteiger partial charge in [-0.15, -0.1) is 11.3 Å². The minimum atomic E-state index is -1.86. The van der Waals surface area contributed by atoms with Gasteiger partial charge in [-0.2, -0.15) is 5.26 Å². The van der Waals surface area contributed by atoms with Gasteiger partial charge in [0, 0.05) is 21.5 Å². The molecule has 23 heavy (non-hydrogen) atoms. The molecule has 122 valence electrons. The molecule has 1 aliphatic carbocycles. The molecule has 0 N–H and O–H groups in total. The van der Waals surface area contributed by atoms with Crippen LogP contribution in [0.4, 0.5) is 0 Å². The summed E-state index contributed by atoms with van der Waals surface area (Å²) in [5, 5.41) is 11.4. The Morgan fingerprint density at radius 1 is 1.30 bits per heavy atom. The summed E-state index contributed by atoms with van der Waals surface area (Å²) >= 11 is 8.54. The summed E-state index contributed by atoms with van der Waals surface area (Å²) in [5.74, 6) is 0. The fourth-order valence-corrected chi connectivity index (χ4v) is 5.86. The van der Waals surface area contributed by atoms with Gasteiger partial charge >= 0.3 is 0 Å². The third kappa shape index (κ3) is 3.18. The summed E-state index contributed by atoms with van der Waals surface area (Å²) in [6.45, 7) is 8.17. The van der Waals surface area contributed by atoms with E-state index >= 15 is 0 Å². The number of fused-ring (bicyclic) bond motifs is 3. The molecule has 3 nitrogen and oxygen atoms in total. The van der Waals surface area contributed by atoms with Gasteiger partial charge in [0.25, 0.3) is 0 Å². The van der Waals surface area contributed by atoms with Gasteiger partial charge in [0.05, 0.1) is 11.1 Å². The van der Waals surface area contributed by atoms with Gasteiger partial charge in [-0.25, -0.2) is 4.98 Å². The van der Waals surface area contributed by atoms with Crippen LogP contribution in [0, 0.1) is 18.3 Å². The van der Waals surface area contributed by atoms with E-state index in [1.54, 1.807) is 11.3 Å². The molecule has 0 fully saturated rings. The van der Waals surface area contributed by atoms with E-state index < -0.39 is 14.4 Å². The Bertz CT molecular complexity index is 804. The minimum Gasteiger partial charge on any atom is -0.399 e. The molecule has 1 aliphatic rings. The quantitative estimate of drug-likeness (QED) is 0.670. The van der Waals surface area contributed by atoms with E-state index in [1.165, 1.54) is 23.3 Å². The first-order valence-electron chi connectivity index (χ1n) is 7.99. The third-order valence-electron chi connectivity index (χ3n) is 4.12. The number of pyridine rings is 1. The number of nitrogens with zero attached hydrogens (tertiary/aromatic N) is 2. The lowest BCUT2D eigenvalue weighted by atomic mass is 9.95. The van der Waals surface area contributed by atoms with Gasteiger partial charge in [0.15, 0.2) is 14.4 Å². The Hall–Kier alpha value is -0.933. The Morgan fingerprint density at radius 2 is 2.00 bits per heavy atom. The Labute approximate surface area is 147 Å². The van der Waals surface area contributed by atoms with Crippen LogP contribution in [0.3, 0.4) is 0 Å². The topological polar surface area (TPSA) is 45.9 Å². The van der Waals surface area contributed by atoms with Crippen molar-refractivity contribution in [1.82, 2.24) is 4.98 Å². The van der Waals surface area contributed by atoms with Crippen LogP contribution in [0.2, 0.25) is 24.7 Å². The molecule has 3 rings (SSSR count). The SMILES string of the molecule is Cc1nc2sc3c(c2c(Cl)c1C(C#N)O[Si](C)(C)C)CCCC3. The molecule has 0 aliphatic heterocycles. The molecule has 0 spiro atoms. The van der Waals surface area contributed by atoms with Gasteiger partial charge in [0.2, 0.25) is 0 Å². The van der Waals surface area contributed by atoms with Crippen molar-refractivity contribution in [2.75, 3.05) is 0 Å². The maximum atomic E-state index is 9.62. The highest BCUT2D eigenvalue weighted by molar-refractivity contribution is 7.19. The Morgan fingerprint density at radius 3 is 2.65 bits per heavy atom. The van der Waals surface area contributed by atoms with Crippen molar-refractivity contribution in [2.45, 2.75) is 58.4 Å². The van der Waals surface area contributed by atoms with Crippen molar-refractivity contribution >= 4 is 41.5 Å². The number of rotatable bonds is 3. The van der Waals surface area contributed by atoms with E-state index in [0.717, 1.165) is 34.3 Å². The average Bonchev–Trinajstić information content (AvgIpc) is 2.82. The second kappa shape index (κ2) is 6.17. The zero-order valence-corrected chi connectivity index (χ0v) is 16.6. The molecule has 2 aromatic rings. The van der Waals surface area contributed by atoms with E-state index in [0.29, 0.717) is 5.02 Å². The van der Waals surface area contributed by atoms with Crippen molar-refractivity contribution in [2.24, 2.45) is 0 Å². The van der Waals surface area contributed by atoms with Crippen molar-refractivity contribution in [3.63, 3.8) is 0 Å². The van der Waals surface area contributed by atoms with Crippen molar-refractivity contribution in [3.8, 4) is 6.07 Å². The van der Waals surface area contributed by atoms with Crippen molar-refractivity contribution in [1.29, 1.82) is 5.26 Å². The molecular formula is C17H21ClN2OSSi. The smallest absolute Gasteiger partial charge is 0.186 e. The van der Waals surface area contributed by atoms with E-state index in [-0.39, 0.29) is 0 Å². The zero-order valence-electron chi connectivity index (χ0n) is 14.0. The monoisotopic (exact) mass is 364 g/mol. The first-order valence-corrected chi connectivity index (χ1v) is 12.6. The third-order valence-corrected chi connectivity index (χ3v) is 6.64. The number of nitriles is 1. The minimum absolute atomic E-state index is 0.634. The van der Waals surface area contributed by atoms with Crippen LogP contribution in [0.15, 0.2) is 0 Å². The van der Waals surface area contributed by atoms with Crippen molar-refractivity contribution < 1.29 is 4.43 Å². The predicted octanol–water partition coefficient (Wildman–Crippen LogP) is 5.55.